The average Bonchev–Trinajstić information content (AvgIpc) is 2.47. The Kier molecular flexibility index (Phi) is 4.20. The molecule has 1 aromatic rings. The van der Waals surface area contributed by atoms with Crippen molar-refractivity contribution in [1.29, 1.82) is 5.26 Å². The molecule has 0 amide bonds. The van der Waals surface area contributed by atoms with Crippen LogP contribution in [-0.4, -0.2) is 24.1 Å². The molecule has 0 aromatic heterocycles. The number of piperidine rings is 1. The normalized spacial score (nSPS) is 22.4. The number of nitrogens with two attached hydrogens (primary N) is 1. The Labute approximate surface area is 117 Å². The van der Waals surface area contributed by atoms with Gasteiger partial charge in [0.25, 0.3) is 5.69 Å². The number of nitro groups is 1. The van der Waals surface area contributed by atoms with E-state index in [1.807, 2.05) is 11.0 Å². The molecule has 1 aromatic carbocycles. The van der Waals surface area contributed by atoms with E-state index in [1.165, 1.54) is 12.1 Å². The van der Waals surface area contributed by atoms with Gasteiger partial charge in [-0.25, -0.2) is 0 Å². The molecule has 1 heterocycles. The van der Waals surface area contributed by atoms with Crippen molar-refractivity contribution in [1.82, 2.24) is 0 Å². The van der Waals surface area contributed by atoms with Gasteiger partial charge in [0, 0.05) is 18.7 Å². The standard InChI is InChI=1S/C14H18N4O2/c1-10-2-3-12(8-16)9-17(10)14-6-11(7-15)4-5-13(14)18(19)20/h4-6,10,12H,2-3,8-9,16H2,1H3. The minimum Gasteiger partial charge on any atom is -0.363 e. The lowest BCUT2D eigenvalue weighted by molar-refractivity contribution is -0.384. The zero-order chi connectivity index (χ0) is 14.7. The van der Waals surface area contributed by atoms with Gasteiger partial charge in [-0.1, -0.05) is 0 Å². The van der Waals surface area contributed by atoms with Gasteiger partial charge in [0.1, 0.15) is 5.69 Å². The van der Waals surface area contributed by atoms with Gasteiger partial charge in [0.05, 0.1) is 16.6 Å². The molecule has 6 heteroatoms. The highest BCUT2D eigenvalue weighted by Gasteiger charge is 2.29. The summed E-state index contributed by atoms with van der Waals surface area (Å²) in [7, 11) is 0. The SMILES string of the molecule is CC1CCC(CN)CN1c1cc(C#N)ccc1[N+](=O)[O-]. The van der Waals surface area contributed by atoms with Crippen molar-refractivity contribution in [2.45, 2.75) is 25.8 Å². The molecule has 106 valence electrons. The summed E-state index contributed by atoms with van der Waals surface area (Å²) in [5.41, 5.74) is 6.74. The molecular formula is C14H18N4O2. The van der Waals surface area contributed by atoms with Crippen LogP contribution in [-0.2, 0) is 0 Å². The van der Waals surface area contributed by atoms with Gasteiger partial charge in [0.2, 0.25) is 0 Å². The summed E-state index contributed by atoms with van der Waals surface area (Å²) in [6, 6.07) is 6.75. The van der Waals surface area contributed by atoms with Crippen molar-refractivity contribution < 1.29 is 4.92 Å². The van der Waals surface area contributed by atoms with Crippen molar-refractivity contribution in [2.75, 3.05) is 18.0 Å². The zero-order valence-corrected chi connectivity index (χ0v) is 11.5. The Balaban J connectivity index is 2.43. The third kappa shape index (κ3) is 2.73. The van der Waals surface area contributed by atoms with E-state index in [9.17, 15) is 10.1 Å². The van der Waals surface area contributed by atoms with Gasteiger partial charge >= 0.3 is 0 Å². The molecule has 1 saturated heterocycles. The van der Waals surface area contributed by atoms with E-state index in [2.05, 4.69) is 6.92 Å². The minimum absolute atomic E-state index is 0.0496. The number of nitriles is 1. The maximum absolute atomic E-state index is 11.2. The Morgan fingerprint density at radius 2 is 2.30 bits per heavy atom. The average molecular weight is 274 g/mol. The predicted octanol–water partition coefficient (Wildman–Crippen LogP) is 2.03. The van der Waals surface area contributed by atoms with Gasteiger partial charge in [-0.3, -0.25) is 10.1 Å². The molecule has 0 aliphatic carbocycles. The number of anilines is 1. The zero-order valence-electron chi connectivity index (χ0n) is 11.5. The number of hydrogen-bond acceptors (Lipinski definition) is 5. The topological polar surface area (TPSA) is 96.2 Å². The smallest absolute Gasteiger partial charge is 0.292 e. The second kappa shape index (κ2) is 5.88. The summed E-state index contributed by atoms with van der Waals surface area (Å²) in [5, 5.41) is 20.2. The Hall–Kier alpha value is -2.13. The van der Waals surface area contributed by atoms with E-state index in [4.69, 9.17) is 11.0 Å². The first-order valence-corrected chi connectivity index (χ1v) is 6.72. The van der Waals surface area contributed by atoms with Crippen LogP contribution in [0.25, 0.3) is 0 Å². The number of hydrogen-bond donors (Lipinski definition) is 1. The molecular weight excluding hydrogens is 256 g/mol. The van der Waals surface area contributed by atoms with Crippen LogP contribution in [0.1, 0.15) is 25.3 Å². The molecule has 0 radical (unpaired) electrons. The van der Waals surface area contributed by atoms with Crippen molar-refractivity contribution in [3.8, 4) is 6.07 Å². The fourth-order valence-electron chi connectivity index (χ4n) is 2.69. The van der Waals surface area contributed by atoms with Crippen molar-refractivity contribution >= 4 is 11.4 Å². The van der Waals surface area contributed by atoms with E-state index in [-0.39, 0.29) is 11.7 Å². The number of rotatable bonds is 3. The van der Waals surface area contributed by atoms with Crippen molar-refractivity contribution in [2.24, 2.45) is 11.7 Å². The molecule has 2 N–H and O–H groups in total. The number of nitrogens with zero attached hydrogens (tertiary/aromatic N) is 3. The van der Waals surface area contributed by atoms with Crippen molar-refractivity contribution in [3.63, 3.8) is 0 Å². The maximum atomic E-state index is 11.2. The van der Waals surface area contributed by atoms with E-state index in [0.717, 1.165) is 12.8 Å². The molecule has 0 bridgehead atoms. The molecule has 1 aliphatic rings. The number of nitro benzene ring substituents is 1. The first kappa shape index (κ1) is 14.3. The predicted molar refractivity (Wildman–Crippen MR) is 76.4 cm³/mol. The van der Waals surface area contributed by atoms with E-state index in [0.29, 0.717) is 30.3 Å². The summed E-state index contributed by atoms with van der Waals surface area (Å²) in [5.74, 6) is 0.344. The molecule has 1 aliphatic heterocycles. The molecule has 0 spiro atoms. The molecule has 2 atom stereocenters. The van der Waals surface area contributed by atoms with Gasteiger partial charge < -0.3 is 10.6 Å². The van der Waals surface area contributed by atoms with Gasteiger partial charge in [-0.05, 0) is 44.4 Å². The Morgan fingerprint density at radius 1 is 1.55 bits per heavy atom. The quantitative estimate of drug-likeness (QED) is 0.672. The second-order valence-electron chi connectivity index (χ2n) is 5.25. The summed E-state index contributed by atoms with van der Waals surface area (Å²) in [6.07, 6.45) is 2.00. The summed E-state index contributed by atoms with van der Waals surface area (Å²) < 4.78 is 0. The van der Waals surface area contributed by atoms with E-state index >= 15 is 0 Å². The highest BCUT2D eigenvalue weighted by Crippen LogP contribution is 2.34. The van der Waals surface area contributed by atoms with Crippen LogP contribution in [0.3, 0.4) is 0 Å². The van der Waals surface area contributed by atoms with E-state index in [1.54, 1.807) is 6.07 Å². The lowest BCUT2D eigenvalue weighted by Crippen LogP contribution is -2.44. The van der Waals surface area contributed by atoms with Crippen LogP contribution in [0.15, 0.2) is 18.2 Å². The van der Waals surface area contributed by atoms with Crippen molar-refractivity contribution in [3.05, 3.63) is 33.9 Å². The van der Waals surface area contributed by atoms with Crippen LogP contribution < -0.4 is 10.6 Å². The molecule has 0 saturated carbocycles. The monoisotopic (exact) mass is 274 g/mol. The van der Waals surface area contributed by atoms with Crippen LogP contribution in [0.2, 0.25) is 0 Å². The number of benzene rings is 1. The summed E-state index contributed by atoms with van der Waals surface area (Å²) >= 11 is 0. The molecule has 6 nitrogen and oxygen atoms in total. The highest BCUT2D eigenvalue weighted by atomic mass is 16.6. The molecule has 2 rings (SSSR count). The van der Waals surface area contributed by atoms with Crippen LogP contribution >= 0.6 is 0 Å². The largest absolute Gasteiger partial charge is 0.363 e. The van der Waals surface area contributed by atoms with E-state index < -0.39 is 4.92 Å². The lowest BCUT2D eigenvalue weighted by Gasteiger charge is -2.39. The third-order valence-electron chi connectivity index (χ3n) is 3.92. The lowest BCUT2D eigenvalue weighted by atomic mass is 9.92. The summed E-state index contributed by atoms with van der Waals surface area (Å²) in [4.78, 5) is 12.8. The molecule has 20 heavy (non-hydrogen) atoms. The van der Waals surface area contributed by atoms with Crippen LogP contribution in [0.5, 0.6) is 0 Å². The minimum atomic E-state index is -0.394. The van der Waals surface area contributed by atoms with Crippen LogP contribution in [0.4, 0.5) is 11.4 Å². The van der Waals surface area contributed by atoms with Gasteiger partial charge in [-0.2, -0.15) is 5.26 Å². The second-order valence-corrected chi connectivity index (χ2v) is 5.25. The first-order chi connectivity index (χ1) is 9.56. The maximum Gasteiger partial charge on any atom is 0.292 e. The Bertz CT molecular complexity index is 553. The fourth-order valence-corrected chi connectivity index (χ4v) is 2.69. The van der Waals surface area contributed by atoms with Gasteiger partial charge in [0.15, 0.2) is 0 Å². The van der Waals surface area contributed by atoms with Gasteiger partial charge in [-0.15, -0.1) is 0 Å². The van der Waals surface area contributed by atoms with Crippen LogP contribution in [0, 0.1) is 27.4 Å². The third-order valence-corrected chi connectivity index (χ3v) is 3.92. The highest BCUT2D eigenvalue weighted by molar-refractivity contribution is 5.66. The molecule has 2 unspecified atom stereocenters. The first-order valence-electron chi connectivity index (χ1n) is 6.72. The Morgan fingerprint density at radius 3 is 2.90 bits per heavy atom. The molecule has 1 fully saturated rings. The summed E-state index contributed by atoms with van der Waals surface area (Å²) in [6.45, 7) is 3.33. The fraction of sp³-hybridized carbons (Fsp3) is 0.500.